The van der Waals surface area contributed by atoms with Crippen LogP contribution in [0, 0.1) is 24.7 Å². The van der Waals surface area contributed by atoms with Crippen LogP contribution in [0.15, 0.2) is 0 Å². The Labute approximate surface area is 104 Å². The SMILES string of the molecule is [CH2]CCCCCCCCC(C)C(C)C(C)C. The molecule has 0 aromatic rings. The lowest BCUT2D eigenvalue weighted by molar-refractivity contribution is 0.275. The molecule has 0 aliphatic carbocycles. The molecule has 0 N–H and O–H groups in total. The van der Waals surface area contributed by atoms with Crippen LogP contribution in [0.5, 0.6) is 0 Å². The Balaban J connectivity index is 3.31. The van der Waals surface area contributed by atoms with E-state index in [2.05, 4.69) is 34.6 Å². The summed E-state index contributed by atoms with van der Waals surface area (Å²) in [5, 5.41) is 0. The van der Waals surface area contributed by atoms with E-state index < -0.39 is 0 Å². The quantitative estimate of drug-likeness (QED) is 0.408. The van der Waals surface area contributed by atoms with Gasteiger partial charge in [0.05, 0.1) is 0 Å². The molecule has 0 rings (SSSR count). The highest BCUT2D eigenvalue weighted by atomic mass is 14.2. The van der Waals surface area contributed by atoms with Gasteiger partial charge in [-0.1, -0.05) is 86.0 Å². The third kappa shape index (κ3) is 8.19. The summed E-state index contributed by atoms with van der Waals surface area (Å²) in [5.74, 6) is 2.62. The van der Waals surface area contributed by atoms with Gasteiger partial charge in [-0.2, -0.15) is 0 Å². The molecule has 0 amide bonds. The van der Waals surface area contributed by atoms with Crippen molar-refractivity contribution in [1.29, 1.82) is 0 Å². The highest BCUT2D eigenvalue weighted by Gasteiger charge is 2.14. The van der Waals surface area contributed by atoms with Crippen LogP contribution >= 0.6 is 0 Å². The fourth-order valence-electron chi connectivity index (χ4n) is 2.27. The van der Waals surface area contributed by atoms with Gasteiger partial charge >= 0.3 is 0 Å². The summed E-state index contributed by atoms with van der Waals surface area (Å²) in [5.41, 5.74) is 0. The zero-order valence-corrected chi connectivity index (χ0v) is 12.1. The van der Waals surface area contributed by atoms with Gasteiger partial charge in [-0.05, 0) is 17.8 Å². The normalized spacial score (nSPS) is 15.4. The molecule has 0 spiro atoms. The van der Waals surface area contributed by atoms with Crippen LogP contribution in [-0.2, 0) is 0 Å². The number of hydrogen-bond acceptors (Lipinski definition) is 0. The van der Waals surface area contributed by atoms with E-state index in [1.165, 1.54) is 44.9 Å². The van der Waals surface area contributed by atoms with Gasteiger partial charge in [0.1, 0.15) is 0 Å². The summed E-state index contributed by atoms with van der Waals surface area (Å²) < 4.78 is 0. The Morgan fingerprint density at radius 3 is 1.75 bits per heavy atom. The maximum absolute atomic E-state index is 3.88. The van der Waals surface area contributed by atoms with Crippen LogP contribution in [0.1, 0.15) is 79.1 Å². The van der Waals surface area contributed by atoms with Crippen LogP contribution in [0.2, 0.25) is 0 Å². The van der Waals surface area contributed by atoms with Crippen molar-refractivity contribution in [2.45, 2.75) is 79.1 Å². The lowest BCUT2D eigenvalue weighted by Crippen LogP contribution is -2.14. The average Bonchev–Trinajstić information content (AvgIpc) is 2.26. The fourth-order valence-corrected chi connectivity index (χ4v) is 2.27. The van der Waals surface area contributed by atoms with Gasteiger partial charge in [0.25, 0.3) is 0 Å². The predicted octanol–water partition coefficient (Wildman–Crippen LogP) is 5.87. The number of unbranched alkanes of at least 4 members (excludes halogenated alkanes) is 6. The number of rotatable bonds is 10. The van der Waals surface area contributed by atoms with Gasteiger partial charge in [0.2, 0.25) is 0 Å². The minimum Gasteiger partial charge on any atom is -0.0625 e. The lowest BCUT2D eigenvalue weighted by Gasteiger charge is -2.23. The Hall–Kier alpha value is 0. The molecule has 1 radical (unpaired) electrons. The maximum atomic E-state index is 3.88. The van der Waals surface area contributed by atoms with E-state index in [1.807, 2.05) is 0 Å². The van der Waals surface area contributed by atoms with Crippen LogP contribution in [0.3, 0.4) is 0 Å². The van der Waals surface area contributed by atoms with Crippen molar-refractivity contribution >= 4 is 0 Å². The first kappa shape index (κ1) is 16.0. The first-order valence-corrected chi connectivity index (χ1v) is 7.38. The molecule has 0 aromatic heterocycles. The van der Waals surface area contributed by atoms with Crippen molar-refractivity contribution < 1.29 is 0 Å². The van der Waals surface area contributed by atoms with E-state index in [4.69, 9.17) is 0 Å². The second kappa shape index (κ2) is 10.2. The van der Waals surface area contributed by atoms with Gasteiger partial charge in [-0.15, -0.1) is 0 Å². The number of hydrogen-bond donors (Lipinski definition) is 0. The fraction of sp³-hybridized carbons (Fsp3) is 0.938. The standard InChI is InChI=1S/C16H33/c1-6-7-8-9-10-11-12-13-15(4)16(5)14(2)3/h14-16H,1,6-13H2,2-5H3. The van der Waals surface area contributed by atoms with Gasteiger partial charge in [0.15, 0.2) is 0 Å². The smallest absolute Gasteiger partial charge is 0.0394 e. The molecule has 0 aromatic carbocycles. The summed E-state index contributed by atoms with van der Waals surface area (Å²) in [4.78, 5) is 0. The largest absolute Gasteiger partial charge is 0.0625 e. The first-order valence-electron chi connectivity index (χ1n) is 7.38. The molecule has 0 heteroatoms. The van der Waals surface area contributed by atoms with Crippen molar-refractivity contribution in [2.24, 2.45) is 17.8 Å². The molecular formula is C16H33. The second-order valence-electron chi connectivity index (χ2n) is 5.84. The van der Waals surface area contributed by atoms with Gasteiger partial charge in [0, 0.05) is 0 Å². The minimum atomic E-state index is 0.840. The molecule has 0 heterocycles. The van der Waals surface area contributed by atoms with Gasteiger partial charge < -0.3 is 0 Å². The van der Waals surface area contributed by atoms with Crippen LogP contribution in [-0.4, -0.2) is 0 Å². The minimum absolute atomic E-state index is 0.840. The Bertz CT molecular complexity index is 137. The molecule has 0 aliphatic heterocycles. The third-order valence-electron chi connectivity index (χ3n) is 4.11. The van der Waals surface area contributed by atoms with Crippen molar-refractivity contribution in [1.82, 2.24) is 0 Å². The monoisotopic (exact) mass is 225 g/mol. The summed E-state index contributed by atoms with van der Waals surface area (Å²) in [6.07, 6.45) is 11.0. The van der Waals surface area contributed by atoms with Crippen molar-refractivity contribution in [3.63, 3.8) is 0 Å². The molecule has 2 unspecified atom stereocenters. The molecule has 0 saturated heterocycles. The van der Waals surface area contributed by atoms with E-state index in [-0.39, 0.29) is 0 Å². The van der Waals surface area contributed by atoms with Crippen LogP contribution < -0.4 is 0 Å². The molecule has 0 saturated carbocycles. The molecule has 0 bridgehead atoms. The van der Waals surface area contributed by atoms with E-state index in [0.717, 1.165) is 24.2 Å². The zero-order valence-electron chi connectivity index (χ0n) is 12.1. The highest BCUT2D eigenvalue weighted by molar-refractivity contribution is 4.65. The summed E-state index contributed by atoms with van der Waals surface area (Å²) in [6.45, 7) is 13.4. The molecule has 0 nitrogen and oxygen atoms in total. The second-order valence-corrected chi connectivity index (χ2v) is 5.84. The van der Waals surface area contributed by atoms with E-state index >= 15 is 0 Å². The van der Waals surface area contributed by atoms with Crippen molar-refractivity contribution in [3.05, 3.63) is 6.92 Å². The predicted molar refractivity (Wildman–Crippen MR) is 75.5 cm³/mol. The van der Waals surface area contributed by atoms with Crippen molar-refractivity contribution in [2.75, 3.05) is 0 Å². The van der Waals surface area contributed by atoms with Gasteiger partial charge in [-0.3, -0.25) is 0 Å². The van der Waals surface area contributed by atoms with Crippen LogP contribution in [0.25, 0.3) is 0 Å². The maximum Gasteiger partial charge on any atom is -0.0394 e. The molecule has 2 atom stereocenters. The zero-order chi connectivity index (χ0) is 12.4. The molecule has 97 valence electrons. The van der Waals surface area contributed by atoms with Crippen LogP contribution in [0.4, 0.5) is 0 Å². The summed E-state index contributed by atoms with van der Waals surface area (Å²) in [7, 11) is 0. The van der Waals surface area contributed by atoms with Gasteiger partial charge in [-0.25, -0.2) is 0 Å². The summed E-state index contributed by atoms with van der Waals surface area (Å²) >= 11 is 0. The van der Waals surface area contributed by atoms with E-state index in [0.29, 0.717) is 0 Å². The van der Waals surface area contributed by atoms with E-state index in [1.54, 1.807) is 0 Å². The molecule has 16 heavy (non-hydrogen) atoms. The third-order valence-corrected chi connectivity index (χ3v) is 4.11. The summed E-state index contributed by atoms with van der Waals surface area (Å²) in [6, 6.07) is 0. The topological polar surface area (TPSA) is 0 Å². The van der Waals surface area contributed by atoms with Crippen molar-refractivity contribution in [3.8, 4) is 0 Å². The average molecular weight is 225 g/mol. The Morgan fingerprint density at radius 1 is 0.750 bits per heavy atom. The Morgan fingerprint density at radius 2 is 1.25 bits per heavy atom. The molecule has 0 aliphatic rings. The highest BCUT2D eigenvalue weighted by Crippen LogP contribution is 2.24. The molecule has 0 fully saturated rings. The Kier molecular flexibility index (Phi) is 10.2. The first-order chi connectivity index (χ1) is 7.59. The lowest BCUT2D eigenvalue weighted by atomic mass is 9.83. The molecular weight excluding hydrogens is 192 g/mol. The van der Waals surface area contributed by atoms with E-state index in [9.17, 15) is 0 Å².